The molecule has 0 aliphatic carbocycles. The highest BCUT2D eigenvalue weighted by Crippen LogP contribution is 2.25. The summed E-state index contributed by atoms with van der Waals surface area (Å²) in [7, 11) is 1.67. The molecule has 1 fully saturated rings. The lowest BCUT2D eigenvalue weighted by atomic mass is 9.96. The van der Waals surface area contributed by atoms with Crippen molar-refractivity contribution in [1.82, 2.24) is 19.2 Å². The van der Waals surface area contributed by atoms with Gasteiger partial charge in [0.1, 0.15) is 5.82 Å². The number of hydrogen-bond acceptors (Lipinski definition) is 4. The molecule has 0 unspecified atom stereocenters. The summed E-state index contributed by atoms with van der Waals surface area (Å²) in [5.41, 5.74) is 1.68. The average molecular weight is 358 g/mol. The van der Waals surface area contributed by atoms with Crippen LogP contribution in [-0.2, 0) is 31.4 Å². The minimum Gasteiger partial charge on any atom is -0.392 e. The van der Waals surface area contributed by atoms with Crippen LogP contribution in [0.5, 0.6) is 0 Å². The quantitative estimate of drug-likeness (QED) is 0.866. The van der Waals surface area contributed by atoms with Crippen LogP contribution >= 0.6 is 0 Å². The van der Waals surface area contributed by atoms with Crippen molar-refractivity contribution in [1.29, 1.82) is 0 Å². The minimum atomic E-state index is -0.102. The second kappa shape index (κ2) is 7.86. The first-order chi connectivity index (χ1) is 12.5. The summed E-state index contributed by atoms with van der Waals surface area (Å²) in [6.45, 7) is 3.88. The summed E-state index contributed by atoms with van der Waals surface area (Å²) >= 11 is 0. The Kier molecular flexibility index (Phi) is 5.56. The van der Waals surface area contributed by atoms with E-state index in [2.05, 4.69) is 5.10 Å². The number of nitrogens with zero attached hydrogens (tertiary/aromatic N) is 4. The monoisotopic (exact) mass is 358 g/mol. The maximum Gasteiger partial charge on any atom is 0.345 e. The van der Waals surface area contributed by atoms with E-state index in [-0.39, 0.29) is 24.1 Å². The van der Waals surface area contributed by atoms with E-state index in [0.717, 1.165) is 36.3 Å². The van der Waals surface area contributed by atoms with E-state index in [1.54, 1.807) is 11.6 Å². The SMILES string of the molecule is CCn1c([C@H]2CCCN(C(=O)Cc3ccc(CO)cc3)C2)nn(C)c1=O. The van der Waals surface area contributed by atoms with Gasteiger partial charge < -0.3 is 10.0 Å². The lowest BCUT2D eigenvalue weighted by Crippen LogP contribution is -2.40. The van der Waals surface area contributed by atoms with E-state index >= 15 is 0 Å². The zero-order valence-electron chi connectivity index (χ0n) is 15.4. The third kappa shape index (κ3) is 3.72. The van der Waals surface area contributed by atoms with Crippen LogP contribution in [0.4, 0.5) is 0 Å². The molecule has 1 aliphatic heterocycles. The summed E-state index contributed by atoms with van der Waals surface area (Å²) < 4.78 is 3.08. The van der Waals surface area contributed by atoms with Crippen LogP contribution < -0.4 is 5.69 Å². The van der Waals surface area contributed by atoms with Gasteiger partial charge in [-0.25, -0.2) is 9.48 Å². The van der Waals surface area contributed by atoms with Gasteiger partial charge in [0.25, 0.3) is 0 Å². The van der Waals surface area contributed by atoms with E-state index in [1.807, 2.05) is 36.1 Å². The standard InChI is InChI=1S/C19H26N4O3/c1-3-23-18(20-21(2)19(23)26)16-5-4-10-22(12-16)17(25)11-14-6-8-15(13-24)9-7-14/h6-9,16,24H,3-5,10-13H2,1-2H3/t16-/m0/s1. The highest BCUT2D eigenvalue weighted by atomic mass is 16.3. The fourth-order valence-electron chi connectivity index (χ4n) is 3.59. The van der Waals surface area contributed by atoms with Crippen LogP contribution in [0.3, 0.4) is 0 Å². The second-order valence-corrected chi connectivity index (χ2v) is 6.84. The number of piperidine rings is 1. The van der Waals surface area contributed by atoms with Crippen molar-refractivity contribution in [2.75, 3.05) is 13.1 Å². The Hall–Kier alpha value is -2.41. The van der Waals surface area contributed by atoms with Gasteiger partial charge in [0.05, 0.1) is 13.0 Å². The Balaban J connectivity index is 1.70. The van der Waals surface area contributed by atoms with Crippen LogP contribution in [0.1, 0.15) is 42.6 Å². The summed E-state index contributed by atoms with van der Waals surface area (Å²) in [4.78, 5) is 26.7. The molecule has 0 radical (unpaired) electrons. The lowest BCUT2D eigenvalue weighted by Gasteiger charge is -2.32. The van der Waals surface area contributed by atoms with Gasteiger partial charge in [-0.1, -0.05) is 24.3 Å². The summed E-state index contributed by atoms with van der Waals surface area (Å²) in [5, 5.41) is 13.5. The van der Waals surface area contributed by atoms with Crippen LogP contribution in [0, 0.1) is 0 Å². The Labute approximate surface area is 152 Å². The highest BCUT2D eigenvalue weighted by molar-refractivity contribution is 5.79. The van der Waals surface area contributed by atoms with E-state index in [0.29, 0.717) is 19.5 Å². The Morgan fingerprint density at radius 1 is 1.27 bits per heavy atom. The number of likely N-dealkylation sites (tertiary alicyclic amines) is 1. The zero-order chi connectivity index (χ0) is 18.7. The number of amides is 1. The maximum atomic E-state index is 12.7. The first-order valence-electron chi connectivity index (χ1n) is 9.13. The van der Waals surface area contributed by atoms with E-state index in [1.165, 1.54) is 4.68 Å². The third-order valence-electron chi connectivity index (χ3n) is 5.05. The van der Waals surface area contributed by atoms with Crippen molar-refractivity contribution < 1.29 is 9.90 Å². The van der Waals surface area contributed by atoms with E-state index in [9.17, 15) is 9.59 Å². The predicted octanol–water partition coefficient (Wildman–Crippen LogP) is 1.04. The number of aliphatic hydroxyl groups excluding tert-OH is 1. The van der Waals surface area contributed by atoms with Gasteiger partial charge >= 0.3 is 5.69 Å². The van der Waals surface area contributed by atoms with Gasteiger partial charge in [-0.2, -0.15) is 5.10 Å². The van der Waals surface area contributed by atoms with Gasteiger partial charge in [0.2, 0.25) is 5.91 Å². The largest absolute Gasteiger partial charge is 0.392 e. The van der Waals surface area contributed by atoms with Crippen molar-refractivity contribution in [3.05, 3.63) is 51.7 Å². The van der Waals surface area contributed by atoms with Crippen molar-refractivity contribution in [2.24, 2.45) is 7.05 Å². The number of aliphatic hydroxyl groups is 1. The second-order valence-electron chi connectivity index (χ2n) is 6.84. The van der Waals surface area contributed by atoms with Crippen molar-refractivity contribution in [3.63, 3.8) is 0 Å². The third-order valence-corrected chi connectivity index (χ3v) is 5.05. The number of aromatic nitrogens is 3. The number of carbonyl (C=O) groups is 1. The molecule has 1 saturated heterocycles. The molecule has 1 atom stereocenters. The van der Waals surface area contributed by atoms with Crippen molar-refractivity contribution in [3.8, 4) is 0 Å². The van der Waals surface area contributed by atoms with Crippen molar-refractivity contribution in [2.45, 2.75) is 45.3 Å². The Morgan fingerprint density at radius 3 is 2.62 bits per heavy atom. The highest BCUT2D eigenvalue weighted by Gasteiger charge is 2.28. The molecule has 0 saturated carbocycles. The molecule has 1 aromatic carbocycles. The molecule has 140 valence electrons. The van der Waals surface area contributed by atoms with Crippen LogP contribution in [0.15, 0.2) is 29.1 Å². The summed E-state index contributed by atoms with van der Waals surface area (Å²) in [6, 6.07) is 7.46. The Bertz CT molecular complexity index is 822. The normalized spacial score (nSPS) is 17.5. The number of rotatable bonds is 5. The van der Waals surface area contributed by atoms with Gasteiger partial charge in [0.15, 0.2) is 0 Å². The molecular weight excluding hydrogens is 332 g/mol. The topological polar surface area (TPSA) is 80.4 Å². The molecule has 2 heterocycles. The molecule has 1 amide bonds. The van der Waals surface area contributed by atoms with Crippen LogP contribution in [-0.4, -0.2) is 43.4 Å². The first kappa shape index (κ1) is 18.4. The fraction of sp³-hybridized carbons (Fsp3) is 0.526. The van der Waals surface area contributed by atoms with Gasteiger partial charge in [-0.3, -0.25) is 9.36 Å². The van der Waals surface area contributed by atoms with Crippen LogP contribution in [0.2, 0.25) is 0 Å². The Morgan fingerprint density at radius 2 is 1.96 bits per heavy atom. The number of aryl methyl sites for hydroxylation is 1. The molecule has 3 rings (SSSR count). The maximum absolute atomic E-state index is 12.7. The molecule has 1 N–H and O–H groups in total. The molecule has 7 heteroatoms. The molecule has 1 aliphatic rings. The molecule has 0 bridgehead atoms. The fourth-order valence-corrected chi connectivity index (χ4v) is 3.59. The number of hydrogen-bond donors (Lipinski definition) is 1. The summed E-state index contributed by atoms with van der Waals surface area (Å²) in [6.07, 6.45) is 2.20. The van der Waals surface area contributed by atoms with E-state index < -0.39 is 0 Å². The van der Waals surface area contributed by atoms with Crippen LogP contribution in [0.25, 0.3) is 0 Å². The average Bonchev–Trinajstić information content (AvgIpc) is 2.96. The lowest BCUT2D eigenvalue weighted by molar-refractivity contribution is -0.131. The number of benzene rings is 1. The van der Waals surface area contributed by atoms with Gasteiger partial charge in [-0.15, -0.1) is 0 Å². The molecule has 26 heavy (non-hydrogen) atoms. The molecule has 0 spiro atoms. The van der Waals surface area contributed by atoms with Crippen molar-refractivity contribution >= 4 is 5.91 Å². The molecule has 2 aromatic rings. The molecule has 1 aromatic heterocycles. The molecular formula is C19H26N4O3. The smallest absolute Gasteiger partial charge is 0.345 e. The predicted molar refractivity (Wildman–Crippen MR) is 97.8 cm³/mol. The van der Waals surface area contributed by atoms with Gasteiger partial charge in [0, 0.05) is 32.6 Å². The summed E-state index contributed by atoms with van der Waals surface area (Å²) in [5.74, 6) is 0.968. The zero-order valence-corrected chi connectivity index (χ0v) is 15.4. The van der Waals surface area contributed by atoms with E-state index in [4.69, 9.17) is 5.11 Å². The minimum absolute atomic E-state index is 0.00520. The molecule has 7 nitrogen and oxygen atoms in total. The number of carbonyl (C=O) groups excluding carboxylic acids is 1. The van der Waals surface area contributed by atoms with Gasteiger partial charge in [-0.05, 0) is 30.9 Å². The first-order valence-corrected chi connectivity index (χ1v) is 9.13.